The number of para-hydroxylation sites is 1. The Labute approximate surface area is 128 Å². The van der Waals surface area contributed by atoms with Crippen molar-refractivity contribution in [3.63, 3.8) is 0 Å². The van der Waals surface area contributed by atoms with Crippen molar-refractivity contribution in [3.05, 3.63) is 29.8 Å². The zero-order chi connectivity index (χ0) is 14.1. The van der Waals surface area contributed by atoms with Gasteiger partial charge in [0.05, 0.1) is 5.37 Å². The summed E-state index contributed by atoms with van der Waals surface area (Å²) >= 11 is 2.22. The molecule has 20 heavy (non-hydrogen) atoms. The summed E-state index contributed by atoms with van der Waals surface area (Å²) < 4.78 is 0. The number of hydrogen-bond donors (Lipinski definition) is 0. The van der Waals surface area contributed by atoms with Gasteiger partial charge in [0.1, 0.15) is 0 Å². The summed E-state index contributed by atoms with van der Waals surface area (Å²) in [7, 11) is 0. The van der Waals surface area contributed by atoms with Crippen LogP contribution in [0, 0.1) is 12.8 Å². The monoisotopic (exact) mass is 289 g/mol. The summed E-state index contributed by atoms with van der Waals surface area (Å²) in [5.74, 6) is 0.890. The molecule has 2 fully saturated rings. The fourth-order valence-electron chi connectivity index (χ4n) is 3.82. The predicted octanol–water partition coefficient (Wildman–Crippen LogP) is 5.23. The van der Waals surface area contributed by atoms with Crippen molar-refractivity contribution < 1.29 is 0 Å². The molecule has 1 aliphatic heterocycles. The van der Waals surface area contributed by atoms with Crippen LogP contribution < -0.4 is 4.90 Å². The van der Waals surface area contributed by atoms with E-state index in [-0.39, 0.29) is 0 Å². The molecule has 0 amide bonds. The van der Waals surface area contributed by atoms with Gasteiger partial charge >= 0.3 is 0 Å². The van der Waals surface area contributed by atoms with Gasteiger partial charge in [0.2, 0.25) is 0 Å². The van der Waals surface area contributed by atoms with E-state index in [1.807, 2.05) is 0 Å². The van der Waals surface area contributed by atoms with Gasteiger partial charge in [0.15, 0.2) is 0 Å². The molecule has 0 aromatic heterocycles. The lowest BCUT2D eigenvalue weighted by atomic mass is 9.88. The Morgan fingerprint density at radius 1 is 1.05 bits per heavy atom. The van der Waals surface area contributed by atoms with Crippen molar-refractivity contribution in [2.24, 2.45) is 5.92 Å². The lowest BCUT2D eigenvalue weighted by Gasteiger charge is -2.37. The third-order valence-corrected chi connectivity index (χ3v) is 6.91. The van der Waals surface area contributed by atoms with Crippen molar-refractivity contribution in [2.45, 2.75) is 69.5 Å². The van der Waals surface area contributed by atoms with Crippen molar-refractivity contribution in [1.29, 1.82) is 0 Å². The number of hydrogen-bond acceptors (Lipinski definition) is 2. The van der Waals surface area contributed by atoms with Crippen LogP contribution in [0.1, 0.15) is 51.5 Å². The van der Waals surface area contributed by atoms with Crippen LogP contribution in [-0.2, 0) is 0 Å². The van der Waals surface area contributed by atoms with Crippen molar-refractivity contribution >= 4 is 17.4 Å². The molecule has 0 bridgehead atoms. The molecule has 2 unspecified atom stereocenters. The average Bonchev–Trinajstić information content (AvgIpc) is 2.77. The maximum absolute atomic E-state index is 2.74. The SMILES string of the molecule is Cc1ccccc1N1C(C2CCCCC2)SC(C)[C@@H]1C. The first kappa shape index (κ1) is 14.3. The van der Waals surface area contributed by atoms with E-state index in [1.165, 1.54) is 43.4 Å². The number of nitrogens with zero attached hydrogens (tertiary/aromatic N) is 1. The van der Waals surface area contributed by atoms with Gasteiger partial charge in [-0.1, -0.05) is 44.4 Å². The quantitative estimate of drug-likeness (QED) is 0.733. The molecule has 3 atom stereocenters. The van der Waals surface area contributed by atoms with Gasteiger partial charge in [-0.15, -0.1) is 11.8 Å². The van der Waals surface area contributed by atoms with Crippen LogP contribution in [0.2, 0.25) is 0 Å². The number of benzene rings is 1. The summed E-state index contributed by atoms with van der Waals surface area (Å²) in [6, 6.07) is 9.58. The third-order valence-electron chi connectivity index (χ3n) is 5.19. The van der Waals surface area contributed by atoms with Crippen LogP contribution in [0.25, 0.3) is 0 Å². The summed E-state index contributed by atoms with van der Waals surface area (Å²) in [5.41, 5.74) is 2.89. The van der Waals surface area contributed by atoms with Crippen LogP contribution in [0.15, 0.2) is 24.3 Å². The topological polar surface area (TPSA) is 3.24 Å². The normalized spacial score (nSPS) is 31.8. The van der Waals surface area contributed by atoms with Gasteiger partial charge in [-0.25, -0.2) is 0 Å². The van der Waals surface area contributed by atoms with Crippen molar-refractivity contribution in [3.8, 4) is 0 Å². The number of thioether (sulfide) groups is 1. The second-order valence-electron chi connectivity index (χ2n) is 6.56. The first-order valence-electron chi connectivity index (χ1n) is 8.18. The van der Waals surface area contributed by atoms with Crippen LogP contribution in [-0.4, -0.2) is 16.7 Å². The number of aryl methyl sites for hydroxylation is 1. The highest BCUT2D eigenvalue weighted by Crippen LogP contribution is 2.46. The van der Waals surface area contributed by atoms with E-state index < -0.39 is 0 Å². The molecule has 1 saturated heterocycles. The molecule has 1 heterocycles. The Kier molecular flexibility index (Phi) is 4.30. The molecular weight excluding hydrogens is 262 g/mol. The third kappa shape index (κ3) is 2.59. The molecule has 2 heteroatoms. The van der Waals surface area contributed by atoms with Crippen molar-refractivity contribution in [2.75, 3.05) is 4.90 Å². The fraction of sp³-hybridized carbons (Fsp3) is 0.667. The maximum Gasteiger partial charge on any atom is 0.0785 e. The minimum Gasteiger partial charge on any atom is -0.355 e. The zero-order valence-corrected chi connectivity index (χ0v) is 13.8. The van der Waals surface area contributed by atoms with E-state index in [1.54, 1.807) is 0 Å². The highest BCUT2D eigenvalue weighted by atomic mass is 32.2. The van der Waals surface area contributed by atoms with E-state index in [9.17, 15) is 0 Å². The van der Waals surface area contributed by atoms with Crippen LogP contribution in [0.5, 0.6) is 0 Å². The van der Waals surface area contributed by atoms with E-state index in [0.29, 0.717) is 11.4 Å². The minimum atomic E-state index is 0.646. The summed E-state index contributed by atoms with van der Waals surface area (Å²) in [6.07, 6.45) is 7.18. The lowest BCUT2D eigenvalue weighted by molar-refractivity contribution is 0.341. The molecule has 1 aromatic rings. The van der Waals surface area contributed by atoms with Crippen LogP contribution >= 0.6 is 11.8 Å². The van der Waals surface area contributed by atoms with Gasteiger partial charge < -0.3 is 4.90 Å². The van der Waals surface area contributed by atoms with E-state index in [4.69, 9.17) is 0 Å². The molecule has 0 spiro atoms. The summed E-state index contributed by atoms with van der Waals surface area (Å²) in [6.45, 7) is 7.07. The number of anilines is 1. The fourth-order valence-corrected chi connectivity index (χ4v) is 5.55. The highest BCUT2D eigenvalue weighted by molar-refractivity contribution is 8.01. The predicted molar refractivity (Wildman–Crippen MR) is 90.5 cm³/mol. The van der Waals surface area contributed by atoms with E-state index >= 15 is 0 Å². The standard InChI is InChI=1S/C18H27NS/c1-13-9-7-8-12-17(13)19-14(2)15(3)20-18(19)16-10-5-4-6-11-16/h7-9,12,14-16,18H,4-6,10-11H2,1-3H3/t14-,15?,18?/m0/s1. The molecule has 1 saturated carbocycles. The minimum absolute atomic E-state index is 0.646. The Morgan fingerprint density at radius 2 is 1.75 bits per heavy atom. The second-order valence-corrected chi connectivity index (χ2v) is 8.06. The van der Waals surface area contributed by atoms with Gasteiger partial charge in [-0.05, 0) is 44.2 Å². The second kappa shape index (κ2) is 6.01. The van der Waals surface area contributed by atoms with E-state index in [2.05, 4.69) is 61.7 Å². The number of rotatable bonds is 2. The molecule has 2 aliphatic rings. The summed E-state index contributed by atoms with van der Waals surface area (Å²) in [5, 5.41) is 1.43. The molecule has 0 radical (unpaired) electrons. The first-order chi connectivity index (χ1) is 9.68. The van der Waals surface area contributed by atoms with Crippen LogP contribution in [0.4, 0.5) is 5.69 Å². The molecule has 3 rings (SSSR count). The Hall–Kier alpha value is -0.630. The summed E-state index contributed by atoms with van der Waals surface area (Å²) in [4.78, 5) is 2.74. The molecule has 0 N–H and O–H groups in total. The molecule has 110 valence electrons. The Morgan fingerprint density at radius 3 is 2.45 bits per heavy atom. The highest BCUT2D eigenvalue weighted by Gasteiger charge is 2.41. The van der Waals surface area contributed by atoms with Crippen molar-refractivity contribution in [1.82, 2.24) is 0 Å². The first-order valence-corrected chi connectivity index (χ1v) is 9.12. The molecule has 1 nitrogen and oxygen atoms in total. The Balaban J connectivity index is 1.90. The zero-order valence-electron chi connectivity index (χ0n) is 13.0. The molecule has 1 aromatic carbocycles. The molecule has 1 aliphatic carbocycles. The van der Waals surface area contributed by atoms with E-state index in [0.717, 1.165) is 11.2 Å². The largest absolute Gasteiger partial charge is 0.355 e. The van der Waals surface area contributed by atoms with Gasteiger partial charge in [0.25, 0.3) is 0 Å². The maximum atomic E-state index is 2.74. The Bertz CT molecular complexity index is 452. The molecular formula is C18H27NS. The average molecular weight is 289 g/mol. The van der Waals surface area contributed by atoms with Gasteiger partial charge in [0, 0.05) is 17.0 Å². The van der Waals surface area contributed by atoms with Gasteiger partial charge in [-0.2, -0.15) is 0 Å². The van der Waals surface area contributed by atoms with Crippen LogP contribution in [0.3, 0.4) is 0 Å². The smallest absolute Gasteiger partial charge is 0.0785 e. The lowest BCUT2D eigenvalue weighted by Crippen LogP contribution is -2.40. The van der Waals surface area contributed by atoms with Gasteiger partial charge in [-0.3, -0.25) is 0 Å².